The van der Waals surface area contributed by atoms with Crippen LogP contribution in [0.25, 0.3) is 93.7 Å². The van der Waals surface area contributed by atoms with Crippen LogP contribution in [0.4, 0.5) is 0 Å². The van der Waals surface area contributed by atoms with Gasteiger partial charge in [-0.1, -0.05) is 94.7 Å². The predicted molar refractivity (Wildman–Crippen MR) is 243 cm³/mol. The van der Waals surface area contributed by atoms with Crippen molar-refractivity contribution in [3.05, 3.63) is 114 Å². The Morgan fingerprint density at radius 1 is 0.418 bits per heavy atom. The van der Waals surface area contributed by atoms with Crippen LogP contribution in [0.5, 0.6) is 0 Å². The van der Waals surface area contributed by atoms with Crippen LogP contribution in [0.3, 0.4) is 0 Å². The first-order valence-electron chi connectivity index (χ1n) is 18.1. The Labute approximate surface area is 330 Å². The maximum atomic E-state index is 7.04. The van der Waals surface area contributed by atoms with E-state index in [2.05, 4.69) is 72.8 Å². The van der Waals surface area contributed by atoms with Crippen molar-refractivity contribution in [2.24, 2.45) is 0 Å². The first-order chi connectivity index (χ1) is 26.6. The average Bonchev–Trinajstić information content (AvgIpc) is 3.57. The fraction of sp³-hybridized carbons (Fsp3) is 0.0435. The monoisotopic (exact) mass is 678 g/mol. The Kier molecular flexibility index (Phi) is 7.80. The van der Waals surface area contributed by atoms with Gasteiger partial charge in [-0.3, -0.25) is 0 Å². The molecular formula is C46H22B8O. The molecule has 8 aromatic carbocycles. The molecular weight excluding hydrogens is 655 g/mol. The van der Waals surface area contributed by atoms with Gasteiger partial charge in [-0.25, -0.2) is 0 Å². The minimum absolute atomic E-state index is 0.170. The number of benzene rings is 8. The lowest BCUT2D eigenvalue weighted by Crippen LogP contribution is -2.50. The minimum Gasteiger partial charge on any atom is -0.456 e. The summed E-state index contributed by atoms with van der Waals surface area (Å²) in [6.45, 7) is 0. The molecule has 0 saturated heterocycles. The highest BCUT2D eigenvalue weighted by atomic mass is 16.3. The van der Waals surface area contributed by atoms with Gasteiger partial charge >= 0.3 is 0 Å². The normalized spacial score (nSPS) is 12.7. The van der Waals surface area contributed by atoms with E-state index in [1.165, 1.54) is 11.1 Å². The van der Waals surface area contributed by atoms with Crippen molar-refractivity contribution in [1.29, 1.82) is 0 Å². The molecule has 0 bridgehead atoms. The van der Waals surface area contributed by atoms with Gasteiger partial charge in [0.05, 0.1) is 0 Å². The Balaban J connectivity index is 1.34. The number of furan rings is 1. The van der Waals surface area contributed by atoms with Crippen LogP contribution in [0.15, 0.2) is 108 Å². The van der Waals surface area contributed by atoms with Crippen LogP contribution in [0, 0.1) is 0 Å². The van der Waals surface area contributed by atoms with Gasteiger partial charge in [0, 0.05) is 10.8 Å². The Morgan fingerprint density at radius 3 is 1.58 bits per heavy atom. The molecule has 1 aliphatic carbocycles. The van der Waals surface area contributed by atoms with Gasteiger partial charge in [0.15, 0.2) is 0 Å². The number of hydrogen-bond acceptors (Lipinski definition) is 1. The molecule has 0 spiro atoms. The molecule has 236 valence electrons. The maximum absolute atomic E-state index is 7.04. The van der Waals surface area contributed by atoms with Crippen LogP contribution in [0.2, 0.25) is 0 Å². The molecule has 0 aliphatic heterocycles. The van der Waals surface area contributed by atoms with Gasteiger partial charge in [-0.15, -0.1) is 21.9 Å². The van der Waals surface area contributed by atoms with E-state index in [9.17, 15) is 0 Å². The summed E-state index contributed by atoms with van der Waals surface area (Å²) in [6, 6.07) is 33.2. The second-order valence-corrected chi connectivity index (χ2v) is 14.5. The number of fused-ring (bicyclic) bond motifs is 7. The van der Waals surface area contributed by atoms with Crippen LogP contribution in [-0.2, 0) is 6.42 Å². The third-order valence-electron chi connectivity index (χ3n) is 11.5. The molecule has 0 fully saturated rings. The van der Waals surface area contributed by atoms with Crippen molar-refractivity contribution in [3.63, 3.8) is 0 Å². The Hall–Kier alpha value is -5.40. The highest BCUT2D eigenvalue weighted by Crippen LogP contribution is 2.43. The highest BCUT2D eigenvalue weighted by Gasteiger charge is 2.25. The molecule has 10 rings (SSSR count). The standard InChI is InChI=1S/C46H22B8O/c47-39-35-33(27-11-5-10-23(17-27)26-13-12-21-6-1-2-7-22(21)16-26)36-38(42(50)46(54)44(52)40(36)48)34(37(35)41(49)45(53)43(39)51)28-14-15-31-29(19-28)30-18-24-8-3-4-9-25(24)20-32(30)55-31/h2-5,7-20H,1,6H2. The van der Waals surface area contributed by atoms with Crippen LogP contribution in [-0.4, -0.2) is 62.8 Å². The number of hydrogen-bond donors (Lipinski definition) is 0. The Bertz CT molecular complexity index is 3110. The molecule has 1 heterocycles. The van der Waals surface area contributed by atoms with Crippen LogP contribution in [0.1, 0.15) is 17.5 Å². The fourth-order valence-electron chi connectivity index (χ4n) is 8.60. The summed E-state index contributed by atoms with van der Waals surface area (Å²) in [5, 5.41) is 6.35. The fourth-order valence-corrected chi connectivity index (χ4v) is 8.60. The summed E-state index contributed by atoms with van der Waals surface area (Å²) in [5.41, 5.74) is 10.7. The summed E-state index contributed by atoms with van der Waals surface area (Å²) in [5.74, 6) is 0. The van der Waals surface area contributed by atoms with E-state index >= 15 is 0 Å². The lowest BCUT2D eigenvalue weighted by molar-refractivity contribution is 0.669. The highest BCUT2D eigenvalue weighted by molar-refractivity contribution is 6.71. The van der Waals surface area contributed by atoms with Gasteiger partial charge < -0.3 is 4.42 Å². The van der Waals surface area contributed by atoms with Crippen molar-refractivity contribution in [2.75, 3.05) is 0 Å². The molecule has 9 heteroatoms. The zero-order valence-electron chi connectivity index (χ0n) is 29.8. The van der Waals surface area contributed by atoms with Gasteiger partial charge in [0.1, 0.15) is 73.9 Å². The van der Waals surface area contributed by atoms with Gasteiger partial charge in [0.25, 0.3) is 0 Å². The lowest BCUT2D eigenvalue weighted by atomic mass is 9.59. The molecule has 16 radical (unpaired) electrons. The molecule has 0 amide bonds. The third-order valence-corrected chi connectivity index (χ3v) is 11.5. The van der Waals surface area contributed by atoms with Crippen LogP contribution >= 0.6 is 0 Å². The van der Waals surface area contributed by atoms with Crippen molar-refractivity contribution < 1.29 is 4.42 Å². The summed E-state index contributed by atoms with van der Waals surface area (Å²) < 4.78 is 6.37. The molecule has 0 N–H and O–H groups in total. The van der Waals surface area contributed by atoms with E-state index in [4.69, 9.17) is 67.2 Å². The molecule has 0 atom stereocenters. The number of rotatable bonds is 3. The van der Waals surface area contributed by atoms with E-state index in [1.807, 2.05) is 36.4 Å². The molecule has 1 nitrogen and oxygen atoms in total. The second kappa shape index (κ2) is 12.6. The van der Waals surface area contributed by atoms with E-state index in [1.54, 1.807) is 0 Å². The summed E-state index contributed by atoms with van der Waals surface area (Å²) >= 11 is 0. The largest absolute Gasteiger partial charge is 0.456 e. The van der Waals surface area contributed by atoms with Crippen molar-refractivity contribution in [1.82, 2.24) is 0 Å². The maximum Gasteiger partial charge on any atom is 0.136 e. The third kappa shape index (κ3) is 5.05. The smallest absolute Gasteiger partial charge is 0.136 e. The van der Waals surface area contributed by atoms with Gasteiger partial charge in [-0.05, 0) is 126 Å². The molecule has 55 heavy (non-hydrogen) atoms. The second-order valence-electron chi connectivity index (χ2n) is 14.5. The topological polar surface area (TPSA) is 13.1 Å². The average molecular weight is 677 g/mol. The Morgan fingerprint density at radius 2 is 0.945 bits per heavy atom. The first kappa shape index (κ1) is 34.1. The SMILES string of the molecule is [B]c1c([B])c([B])c2c(-c3ccc4oc5cc6ccccc6cc5c4c3)c3c([B])c([B])c([B])c([B])c3c(-c3cccc(-c4ccc5c(c4)C=CCC5)c3)c2c1[B]. The molecule has 1 aromatic heterocycles. The summed E-state index contributed by atoms with van der Waals surface area (Å²) in [7, 11) is 54.8. The van der Waals surface area contributed by atoms with E-state index in [-0.39, 0.29) is 43.7 Å². The molecule has 1 aliphatic rings. The van der Waals surface area contributed by atoms with Gasteiger partial charge in [0.2, 0.25) is 0 Å². The van der Waals surface area contributed by atoms with Crippen molar-refractivity contribution in [2.45, 2.75) is 12.8 Å². The number of allylic oxidation sites excluding steroid dienone is 1. The quantitative estimate of drug-likeness (QED) is 0.207. The van der Waals surface area contributed by atoms with E-state index in [0.29, 0.717) is 32.7 Å². The molecule has 0 unspecified atom stereocenters. The number of aryl methyl sites for hydroxylation is 1. The zero-order valence-corrected chi connectivity index (χ0v) is 29.8. The predicted octanol–water partition coefficient (Wildman–Crippen LogP) is 3.36. The minimum atomic E-state index is 0.170. The summed E-state index contributed by atoms with van der Waals surface area (Å²) in [6.07, 6.45) is 6.46. The molecule has 9 aromatic rings. The van der Waals surface area contributed by atoms with Crippen molar-refractivity contribution >= 4 is 167 Å². The van der Waals surface area contributed by atoms with Crippen molar-refractivity contribution in [3.8, 4) is 33.4 Å². The summed E-state index contributed by atoms with van der Waals surface area (Å²) in [4.78, 5) is 0. The molecule has 0 saturated carbocycles. The van der Waals surface area contributed by atoms with E-state index < -0.39 is 0 Å². The van der Waals surface area contributed by atoms with E-state index in [0.717, 1.165) is 67.8 Å². The first-order valence-corrected chi connectivity index (χ1v) is 18.1. The zero-order chi connectivity index (χ0) is 37.9. The van der Waals surface area contributed by atoms with Gasteiger partial charge in [-0.2, -0.15) is 0 Å². The van der Waals surface area contributed by atoms with Crippen LogP contribution < -0.4 is 43.7 Å². The lowest BCUT2D eigenvalue weighted by Gasteiger charge is -2.28.